The number of benzene rings is 1. The minimum Gasteiger partial charge on any atom is -0.480 e. The Morgan fingerprint density at radius 2 is 1.83 bits per heavy atom. The van der Waals surface area contributed by atoms with E-state index in [0.29, 0.717) is 38.0 Å². The number of carboxylic acids is 1. The maximum atomic E-state index is 13.4. The lowest BCUT2D eigenvalue weighted by atomic mass is 10.0. The smallest absolute Gasteiger partial charge is 0.326 e. The van der Waals surface area contributed by atoms with E-state index in [2.05, 4.69) is 10.6 Å². The van der Waals surface area contributed by atoms with Gasteiger partial charge >= 0.3 is 5.97 Å². The van der Waals surface area contributed by atoms with Crippen LogP contribution in [-0.4, -0.2) is 76.4 Å². The van der Waals surface area contributed by atoms with Crippen LogP contribution in [0.5, 0.6) is 0 Å². The van der Waals surface area contributed by atoms with Gasteiger partial charge in [-0.15, -0.1) is 0 Å². The summed E-state index contributed by atoms with van der Waals surface area (Å²) >= 11 is 1.56. The van der Waals surface area contributed by atoms with Gasteiger partial charge in [0, 0.05) is 13.0 Å². The molecule has 0 aliphatic carbocycles. The largest absolute Gasteiger partial charge is 0.480 e. The topological polar surface area (TPSA) is 142 Å². The highest BCUT2D eigenvalue weighted by molar-refractivity contribution is 7.98. The van der Waals surface area contributed by atoms with Crippen LogP contribution in [0, 0.1) is 5.92 Å². The second-order valence-electron chi connectivity index (χ2n) is 9.36. The van der Waals surface area contributed by atoms with Crippen molar-refractivity contribution in [3.8, 4) is 0 Å². The first-order chi connectivity index (χ1) is 16.6. The maximum Gasteiger partial charge on any atom is 0.326 e. The fraction of sp³-hybridized carbons (Fsp3) is 0.600. The first-order valence-corrected chi connectivity index (χ1v) is 13.5. The van der Waals surface area contributed by atoms with E-state index in [1.807, 2.05) is 38.3 Å². The molecule has 0 aromatic heterocycles. The zero-order chi connectivity index (χ0) is 26.0. The third-order valence-corrected chi connectivity index (χ3v) is 6.67. The number of nitrogens with one attached hydrogen (secondary N) is 2. The number of likely N-dealkylation sites (tertiary alicyclic amines) is 1. The van der Waals surface area contributed by atoms with E-state index in [4.69, 9.17) is 5.73 Å². The van der Waals surface area contributed by atoms with Crippen LogP contribution < -0.4 is 16.4 Å². The number of amides is 3. The number of nitrogens with two attached hydrogens (primary N) is 1. The number of carboxylic acid groups (broad SMARTS) is 1. The van der Waals surface area contributed by atoms with Gasteiger partial charge in [-0.05, 0) is 49.2 Å². The summed E-state index contributed by atoms with van der Waals surface area (Å²) in [7, 11) is 0. The summed E-state index contributed by atoms with van der Waals surface area (Å²) in [6.07, 6.45) is 4.03. The van der Waals surface area contributed by atoms with Gasteiger partial charge in [0.15, 0.2) is 0 Å². The molecule has 1 aromatic carbocycles. The minimum absolute atomic E-state index is 0.142. The molecule has 1 aliphatic rings. The van der Waals surface area contributed by atoms with Crippen molar-refractivity contribution in [3.63, 3.8) is 0 Å². The Bertz CT molecular complexity index is 867. The van der Waals surface area contributed by atoms with Gasteiger partial charge < -0.3 is 26.4 Å². The molecule has 10 heteroatoms. The molecule has 2 rings (SSSR count). The average Bonchev–Trinajstić information content (AvgIpc) is 3.31. The van der Waals surface area contributed by atoms with Gasteiger partial charge in [0.05, 0.1) is 6.04 Å². The monoisotopic (exact) mass is 506 g/mol. The molecule has 35 heavy (non-hydrogen) atoms. The Morgan fingerprint density at radius 3 is 2.43 bits per heavy atom. The molecule has 1 aromatic rings. The number of nitrogens with zero attached hydrogens (tertiary/aromatic N) is 1. The van der Waals surface area contributed by atoms with Gasteiger partial charge in [0.2, 0.25) is 17.7 Å². The molecule has 1 saturated heterocycles. The maximum absolute atomic E-state index is 13.4. The van der Waals surface area contributed by atoms with Crippen molar-refractivity contribution >= 4 is 35.5 Å². The van der Waals surface area contributed by atoms with Gasteiger partial charge in [-0.2, -0.15) is 11.8 Å². The molecular weight excluding hydrogens is 468 g/mol. The lowest BCUT2D eigenvalue weighted by molar-refractivity contribution is -0.145. The molecule has 0 radical (unpaired) electrons. The van der Waals surface area contributed by atoms with Crippen molar-refractivity contribution in [2.24, 2.45) is 11.7 Å². The SMILES string of the molecule is CSCCC(NC(=O)C(N)CC(C)C)C(=O)N1CCCC1C(=O)NC(Cc1ccccc1)C(=O)O. The van der Waals surface area contributed by atoms with Crippen LogP contribution >= 0.6 is 11.8 Å². The summed E-state index contributed by atoms with van der Waals surface area (Å²) < 4.78 is 0. The van der Waals surface area contributed by atoms with Crippen LogP contribution in [0.2, 0.25) is 0 Å². The lowest BCUT2D eigenvalue weighted by Gasteiger charge is -2.30. The van der Waals surface area contributed by atoms with Crippen molar-refractivity contribution < 1.29 is 24.3 Å². The summed E-state index contributed by atoms with van der Waals surface area (Å²) in [5.74, 6) is -1.46. The van der Waals surface area contributed by atoms with Crippen molar-refractivity contribution in [2.45, 2.75) is 70.1 Å². The quantitative estimate of drug-likeness (QED) is 0.317. The van der Waals surface area contributed by atoms with Gasteiger partial charge in [0.1, 0.15) is 18.1 Å². The molecular formula is C25H38N4O5S. The minimum atomic E-state index is -1.14. The van der Waals surface area contributed by atoms with Crippen LogP contribution in [0.15, 0.2) is 30.3 Å². The fourth-order valence-electron chi connectivity index (χ4n) is 4.21. The molecule has 0 bridgehead atoms. The number of hydrogen-bond acceptors (Lipinski definition) is 6. The summed E-state index contributed by atoms with van der Waals surface area (Å²) in [5.41, 5.74) is 6.80. The molecule has 0 saturated carbocycles. The number of carbonyl (C=O) groups excluding carboxylic acids is 3. The number of carbonyl (C=O) groups is 4. The first-order valence-electron chi connectivity index (χ1n) is 12.1. The molecule has 9 nitrogen and oxygen atoms in total. The van der Waals surface area contributed by atoms with Crippen LogP contribution in [0.3, 0.4) is 0 Å². The van der Waals surface area contributed by atoms with Crippen molar-refractivity contribution in [3.05, 3.63) is 35.9 Å². The first kappa shape index (κ1) is 28.6. The molecule has 4 atom stereocenters. The summed E-state index contributed by atoms with van der Waals surface area (Å²) in [6.45, 7) is 4.31. The summed E-state index contributed by atoms with van der Waals surface area (Å²) in [4.78, 5) is 52.4. The van der Waals surface area contributed by atoms with Crippen LogP contribution in [-0.2, 0) is 25.6 Å². The van der Waals surface area contributed by atoms with E-state index in [0.717, 1.165) is 5.56 Å². The highest BCUT2D eigenvalue weighted by atomic mass is 32.2. The highest BCUT2D eigenvalue weighted by Gasteiger charge is 2.39. The Kier molecular flexibility index (Phi) is 11.5. The molecule has 1 aliphatic heterocycles. The predicted octanol–water partition coefficient (Wildman–Crippen LogP) is 1.40. The second-order valence-corrected chi connectivity index (χ2v) is 10.3. The fourth-order valence-corrected chi connectivity index (χ4v) is 4.68. The van der Waals surface area contributed by atoms with Crippen molar-refractivity contribution in [1.82, 2.24) is 15.5 Å². The highest BCUT2D eigenvalue weighted by Crippen LogP contribution is 2.20. The van der Waals surface area contributed by atoms with Gasteiger partial charge in [-0.1, -0.05) is 44.2 Å². The average molecular weight is 507 g/mol. The van der Waals surface area contributed by atoms with Crippen LogP contribution in [0.1, 0.15) is 45.1 Å². The van der Waals surface area contributed by atoms with Crippen molar-refractivity contribution in [1.29, 1.82) is 0 Å². The van der Waals surface area contributed by atoms with E-state index in [1.165, 1.54) is 4.90 Å². The van der Waals surface area contributed by atoms with E-state index in [9.17, 15) is 24.3 Å². The molecule has 1 heterocycles. The number of rotatable bonds is 13. The van der Waals surface area contributed by atoms with Gasteiger partial charge in [-0.25, -0.2) is 4.79 Å². The molecule has 194 valence electrons. The number of thioether (sulfide) groups is 1. The molecule has 1 fully saturated rings. The number of hydrogen-bond donors (Lipinski definition) is 4. The Labute approximate surface area is 211 Å². The molecule has 3 amide bonds. The lowest BCUT2D eigenvalue weighted by Crippen LogP contribution is -2.57. The molecule has 4 unspecified atom stereocenters. The number of aliphatic carboxylic acids is 1. The van der Waals surface area contributed by atoms with E-state index in [-0.39, 0.29) is 24.2 Å². The Hall–Kier alpha value is -2.59. The normalized spacial score (nSPS) is 18.1. The standard InChI is InChI=1S/C25H38N4O5S/c1-16(2)14-18(26)22(30)27-19(11-13-35-3)24(32)29-12-7-10-21(29)23(31)28-20(25(33)34)15-17-8-5-4-6-9-17/h4-6,8-9,16,18-21H,7,10-15,26H2,1-3H3,(H,27,30)(H,28,31)(H,33,34). The van der Waals surface area contributed by atoms with E-state index < -0.39 is 36.0 Å². The zero-order valence-corrected chi connectivity index (χ0v) is 21.6. The van der Waals surface area contributed by atoms with Gasteiger partial charge in [-0.3, -0.25) is 14.4 Å². The van der Waals surface area contributed by atoms with Gasteiger partial charge in [0.25, 0.3) is 0 Å². The second kappa shape index (κ2) is 14.1. The third kappa shape index (κ3) is 8.85. The van der Waals surface area contributed by atoms with E-state index >= 15 is 0 Å². The van der Waals surface area contributed by atoms with E-state index in [1.54, 1.807) is 23.9 Å². The predicted molar refractivity (Wildman–Crippen MR) is 137 cm³/mol. The van der Waals surface area contributed by atoms with Crippen LogP contribution in [0.25, 0.3) is 0 Å². The Balaban J connectivity index is 2.10. The van der Waals surface area contributed by atoms with Crippen LogP contribution in [0.4, 0.5) is 0 Å². The molecule has 5 N–H and O–H groups in total. The zero-order valence-electron chi connectivity index (χ0n) is 20.7. The Morgan fingerprint density at radius 1 is 1.14 bits per heavy atom. The summed E-state index contributed by atoms with van der Waals surface area (Å²) in [5, 5.41) is 15.0. The summed E-state index contributed by atoms with van der Waals surface area (Å²) in [6, 6.07) is 5.66. The molecule has 0 spiro atoms. The van der Waals surface area contributed by atoms with Crippen molar-refractivity contribution in [2.75, 3.05) is 18.6 Å². The third-order valence-electron chi connectivity index (χ3n) is 6.02.